The van der Waals surface area contributed by atoms with Gasteiger partial charge in [0.25, 0.3) is 0 Å². The molecule has 0 spiro atoms. The molecule has 0 saturated carbocycles. The van der Waals surface area contributed by atoms with E-state index in [4.69, 9.17) is 4.74 Å². The van der Waals surface area contributed by atoms with E-state index in [0.29, 0.717) is 6.61 Å². The lowest BCUT2D eigenvalue weighted by molar-refractivity contribution is -0.119. The predicted molar refractivity (Wildman–Crippen MR) is 89.0 cm³/mol. The van der Waals surface area contributed by atoms with E-state index in [9.17, 15) is 4.79 Å². The maximum Gasteiger partial charge on any atom is 0.239 e. The highest BCUT2D eigenvalue weighted by Gasteiger charge is 2.03. The maximum absolute atomic E-state index is 11.6. The molecule has 0 heterocycles. The fourth-order valence-corrected chi connectivity index (χ4v) is 1.99. The van der Waals surface area contributed by atoms with Gasteiger partial charge in [-0.1, -0.05) is 36.4 Å². The number of rotatable bonds is 7. The van der Waals surface area contributed by atoms with Crippen LogP contribution in [0.4, 0.5) is 5.69 Å². The van der Waals surface area contributed by atoms with Crippen molar-refractivity contribution >= 4 is 11.6 Å². The normalized spacial score (nSPS) is 10.3. The summed E-state index contributed by atoms with van der Waals surface area (Å²) in [4.78, 5) is 11.6. The van der Waals surface area contributed by atoms with Crippen LogP contribution in [0.2, 0.25) is 0 Å². The largest absolute Gasteiger partial charge is 0.489 e. The minimum Gasteiger partial charge on any atom is -0.489 e. The van der Waals surface area contributed by atoms with E-state index in [0.717, 1.165) is 17.0 Å². The van der Waals surface area contributed by atoms with Crippen molar-refractivity contribution in [1.29, 1.82) is 0 Å². The molecule has 2 rings (SSSR count). The first-order valence-corrected chi connectivity index (χ1v) is 7.43. The summed E-state index contributed by atoms with van der Waals surface area (Å²) in [7, 11) is 0. The Balaban J connectivity index is 1.86. The highest BCUT2D eigenvalue weighted by Crippen LogP contribution is 2.18. The van der Waals surface area contributed by atoms with Gasteiger partial charge in [-0.05, 0) is 31.5 Å². The molecule has 0 aromatic heterocycles. The molecule has 1 amide bonds. The summed E-state index contributed by atoms with van der Waals surface area (Å²) >= 11 is 0. The van der Waals surface area contributed by atoms with Crippen molar-refractivity contribution in [3.8, 4) is 5.75 Å². The number of ether oxygens (including phenoxy) is 1. The van der Waals surface area contributed by atoms with Crippen LogP contribution in [0.3, 0.4) is 0 Å². The Morgan fingerprint density at radius 1 is 1.09 bits per heavy atom. The molecule has 0 aliphatic heterocycles. The molecule has 0 unspecified atom stereocenters. The first-order chi connectivity index (χ1) is 10.6. The average Bonchev–Trinajstić information content (AvgIpc) is 2.52. The molecule has 0 aliphatic rings. The third-order valence-corrected chi connectivity index (χ3v) is 2.99. The lowest BCUT2D eigenvalue weighted by atomic mass is 10.2. The van der Waals surface area contributed by atoms with Gasteiger partial charge in [0, 0.05) is 17.8 Å². The van der Waals surface area contributed by atoms with Gasteiger partial charge >= 0.3 is 0 Å². The summed E-state index contributed by atoms with van der Waals surface area (Å²) in [6.07, 6.45) is 0. The van der Waals surface area contributed by atoms with E-state index in [-0.39, 0.29) is 18.5 Å². The van der Waals surface area contributed by atoms with Crippen LogP contribution in [0.15, 0.2) is 54.6 Å². The van der Waals surface area contributed by atoms with E-state index in [1.807, 2.05) is 68.4 Å². The van der Waals surface area contributed by atoms with Gasteiger partial charge < -0.3 is 15.4 Å². The summed E-state index contributed by atoms with van der Waals surface area (Å²) in [5.41, 5.74) is 1.99. The van der Waals surface area contributed by atoms with Crippen LogP contribution >= 0.6 is 0 Å². The van der Waals surface area contributed by atoms with Crippen molar-refractivity contribution in [2.24, 2.45) is 0 Å². The van der Waals surface area contributed by atoms with Crippen molar-refractivity contribution in [2.45, 2.75) is 26.5 Å². The SMILES string of the molecule is CC(C)NC(=O)CNc1cccc(OCc2ccccc2)c1. The molecule has 22 heavy (non-hydrogen) atoms. The first-order valence-electron chi connectivity index (χ1n) is 7.43. The van der Waals surface area contributed by atoms with Gasteiger partial charge in [-0.3, -0.25) is 4.79 Å². The van der Waals surface area contributed by atoms with Crippen molar-refractivity contribution < 1.29 is 9.53 Å². The van der Waals surface area contributed by atoms with Crippen LogP contribution in [-0.4, -0.2) is 18.5 Å². The number of hydrogen-bond donors (Lipinski definition) is 2. The second kappa shape index (κ2) is 8.08. The molecule has 4 heteroatoms. The van der Waals surface area contributed by atoms with Gasteiger partial charge in [-0.25, -0.2) is 0 Å². The number of benzene rings is 2. The summed E-state index contributed by atoms with van der Waals surface area (Å²) in [5, 5.41) is 5.94. The molecule has 2 aromatic rings. The van der Waals surface area contributed by atoms with Gasteiger partial charge in [0.2, 0.25) is 5.91 Å². The quantitative estimate of drug-likeness (QED) is 0.825. The summed E-state index contributed by atoms with van der Waals surface area (Å²) < 4.78 is 5.76. The molecule has 116 valence electrons. The van der Waals surface area contributed by atoms with Gasteiger partial charge in [-0.15, -0.1) is 0 Å². The number of nitrogens with one attached hydrogen (secondary N) is 2. The van der Waals surface area contributed by atoms with Crippen molar-refractivity contribution in [3.05, 3.63) is 60.2 Å². The molecule has 0 bridgehead atoms. The molecule has 0 saturated heterocycles. The zero-order valence-electron chi connectivity index (χ0n) is 13.0. The summed E-state index contributed by atoms with van der Waals surface area (Å²) in [6, 6.07) is 17.8. The molecule has 4 nitrogen and oxygen atoms in total. The summed E-state index contributed by atoms with van der Waals surface area (Å²) in [6.45, 7) is 4.66. The molecule has 0 radical (unpaired) electrons. The number of amides is 1. The Hall–Kier alpha value is -2.49. The minimum absolute atomic E-state index is 0.0226. The van der Waals surface area contributed by atoms with Crippen molar-refractivity contribution in [1.82, 2.24) is 5.32 Å². The molecular formula is C18H22N2O2. The van der Waals surface area contributed by atoms with E-state index < -0.39 is 0 Å². The third kappa shape index (κ3) is 5.48. The molecule has 2 N–H and O–H groups in total. The highest BCUT2D eigenvalue weighted by atomic mass is 16.5. The van der Waals surface area contributed by atoms with Crippen LogP contribution < -0.4 is 15.4 Å². The maximum atomic E-state index is 11.6. The number of anilines is 1. The second-order valence-electron chi connectivity index (χ2n) is 5.38. The number of carbonyl (C=O) groups is 1. The van der Waals surface area contributed by atoms with Crippen LogP contribution in [0, 0.1) is 0 Å². The smallest absolute Gasteiger partial charge is 0.239 e. The van der Waals surface area contributed by atoms with E-state index in [2.05, 4.69) is 10.6 Å². The van der Waals surface area contributed by atoms with Gasteiger partial charge in [0.05, 0.1) is 6.54 Å². The Labute approximate surface area is 131 Å². The fourth-order valence-electron chi connectivity index (χ4n) is 1.99. The minimum atomic E-state index is -0.0226. The van der Waals surface area contributed by atoms with Crippen LogP contribution in [0.1, 0.15) is 19.4 Å². The molecular weight excluding hydrogens is 276 g/mol. The standard InChI is InChI=1S/C18H22N2O2/c1-14(2)20-18(21)12-19-16-9-6-10-17(11-16)22-13-15-7-4-3-5-8-15/h3-11,14,19H,12-13H2,1-2H3,(H,20,21). The van der Waals surface area contributed by atoms with Gasteiger partial charge in [-0.2, -0.15) is 0 Å². The summed E-state index contributed by atoms with van der Waals surface area (Å²) in [5.74, 6) is 0.753. The van der Waals surface area contributed by atoms with E-state index in [1.54, 1.807) is 0 Å². The van der Waals surface area contributed by atoms with E-state index in [1.165, 1.54) is 0 Å². The second-order valence-corrected chi connectivity index (χ2v) is 5.38. The van der Waals surface area contributed by atoms with Crippen molar-refractivity contribution in [3.63, 3.8) is 0 Å². The van der Waals surface area contributed by atoms with Crippen LogP contribution in [-0.2, 0) is 11.4 Å². The Bertz CT molecular complexity index is 597. The van der Waals surface area contributed by atoms with Gasteiger partial charge in [0.15, 0.2) is 0 Å². The molecule has 2 aromatic carbocycles. The van der Waals surface area contributed by atoms with E-state index >= 15 is 0 Å². The van der Waals surface area contributed by atoms with Crippen LogP contribution in [0.5, 0.6) is 5.75 Å². The number of carbonyl (C=O) groups excluding carboxylic acids is 1. The van der Waals surface area contributed by atoms with Gasteiger partial charge in [0.1, 0.15) is 12.4 Å². The zero-order chi connectivity index (χ0) is 15.8. The Morgan fingerprint density at radius 3 is 2.59 bits per heavy atom. The fraction of sp³-hybridized carbons (Fsp3) is 0.278. The Morgan fingerprint density at radius 2 is 1.86 bits per heavy atom. The molecule has 0 atom stereocenters. The van der Waals surface area contributed by atoms with Crippen LogP contribution in [0.25, 0.3) is 0 Å². The Kier molecular flexibility index (Phi) is 5.83. The lowest BCUT2D eigenvalue weighted by Gasteiger charge is -2.11. The van der Waals surface area contributed by atoms with Crippen molar-refractivity contribution in [2.75, 3.05) is 11.9 Å². The monoisotopic (exact) mass is 298 g/mol. The first kappa shape index (κ1) is 15.9. The topological polar surface area (TPSA) is 50.4 Å². The average molecular weight is 298 g/mol. The molecule has 0 aliphatic carbocycles. The highest BCUT2D eigenvalue weighted by molar-refractivity contribution is 5.80. The third-order valence-electron chi connectivity index (χ3n) is 2.99. The number of hydrogen-bond acceptors (Lipinski definition) is 3. The predicted octanol–water partition coefficient (Wildman–Crippen LogP) is 3.20. The lowest BCUT2D eigenvalue weighted by Crippen LogP contribution is -2.34. The molecule has 0 fully saturated rings. The zero-order valence-corrected chi connectivity index (χ0v) is 13.0.